The number of unbranched alkanes of at least 4 members (excludes halogenated alkanes) is 2. The quantitative estimate of drug-likeness (QED) is 0.304. The number of hydrogen-bond acceptors (Lipinski definition) is 3. The van der Waals surface area contributed by atoms with E-state index in [0.717, 1.165) is 32.4 Å². The van der Waals surface area contributed by atoms with E-state index in [2.05, 4.69) is 27.3 Å². The summed E-state index contributed by atoms with van der Waals surface area (Å²) in [5.41, 5.74) is 0. The van der Waals surface area contributed by atoms with Crippen LogP contribution in [-0.2, 0) is 10.0 Å². The van der Waals surface area contributed by atoms with E-state index in [-0.39, 0.29) is 5.75 Å². The zero-order valence-corrected chi connectivity index (χ0v) is 14.8. The Kier molecular flexibility index (Phi) is 9.47. The van der Waals surface area contributed by atoms with Crippen molar-refractivity contribution in [2.45, 2.75) is 52.4 Å². The molecule has 1 rings (SSSR count). The molecule has 1 aliphatic rings. The molecule has 3 N–H and O–H groups in total. The molecule has 0 radical (unpaired) electrons. The summed E-state index contributed by atoms with van der Waals surface area (Å²) in [6.45, 7) is 6.67. The van der Waals surface area contributed by atoms with E-state index in [4.69, 9.17) is 0 Å². The van der Waals surface area contributed by atoms with Crippen molar-refractivity contribution >= 4 is 16.0 Å². The van der Waals surface area contributed by atoms with Gasteiger partial charge in [0.25, 0.3) is 0 Å². The average molecular weight is 333 g/mol. The fraction of sp³-hybridized carbons (Fsp3) is 0.933. The molecule has 0 aliphatic heterocycles. The first kappa shape index (κ1) is 19.2. The van der Waals surface area contributed by atoms with Crippen molar-refractivity contribution in [2.75, 3.05) is 31.9 Å². The van der Waals surface area contributed by atoms with E-state index in [0.29, 0.717) is 25.0 Å². The van der Waals surface area contributed by atoms with Crippen LogP contribution in [0.3, 0.4) is 0 Å². The molecule has 130 valence electrons. The van der Waals surface area contributed by atoms with Gasteiger partial charge in [0.2, 0.25) is 10.0 Å². The molecule has 0 heterocycles. The zero-order chi connectivity index (χ0) is 16.3. The minimum absolute atomic E-state index is 0.0824. The lowest BCUT2D eigenvalue weighted by atomic mass is 9.86. The molecular formula is C15H32N4O2S. The van der Waals surface area contributed by atoms with Crippen molar-refractivity contribution in [3.05, 3.63) is 0 Å². The van der Waals surface area contributed by atoms with E-state index < -0.39 is 10.0 Å². The van der Waals surface area contributed by atoms with Crippen molar-refractivity contribution in [1.29, 1.82) is 0 Å². The summed E-state index contributed by atoms with van der Waals surface area (Å²) >= 11 is 0. The van der Waals surface area contributed by atoms with Crippen LogP contribution in [0.1, 0.15) is 52.4 Å². The second-order valence-electron chi connectivity index (χ2n) is 5.86. The summed E-state index contributed by atoms with van der Waals surface area (Å²) in [5, 5.41) is 6.23. The number of nitrogens with one attached hydrogen (secondary N) is 3. The highest BCUT2D eigenvalue weighted by Gasteiger charge is 2.19. The molecule has 0 unspecified atom stereocenters. The minimum Gasteiger partial charge on any atom is -0.357 e. The Morgan fingerprint density at radius 3 is 2.55 bits per heavy atom. The Hall–Kier alpha value is -0.820. The van der Waals surface area contributed by atoms with Gasteiger partial charge < -0.3 is 10.6 Å². The molecule has 1 aliphatic carbocycles. The van der Waals surface area contributed by atoms with Gasteiger partial charge in [0.1, 0.15) is 0 Å². The first-order valence-electron chi connectivity index (χ1n) is 8.57. The number of nitrogens with zero attached hydrogens (tertiary/aromatic N) is 1. The van der Waals surface area contributed by atoms with Gasteiger partial charge in [0.05, 0.1) is 5.75 Å². The Bertz CT molecular complexity index is 419. The van der Waals surface area contributed by atoms with Crippen LogP contribution in [0.15, 0.2) is 4.99 Å². The molecule has 0 amide bonds. The molecule has 0 aromatic heterocycles. The molecule has 22 heavy (non-hydrogen) atoms. The van der Waals surface area contributed by atoms with Gasteiger partial charge in [-0.25, -0.2) is 13.1 Å². The Labute approximate surface area is 135 Å². The third kappa shape index (κ3) is 8.58. The highest BCUT2D eigenvalue weighted by atomic mass is 32.2. The molecule has 7 heteroatoms. The third-order valence-corrected chi connectivity index (χ3v) is 5.20. The maximum atomic E-state index is 11.9. The van der Waals surface area contributed by atoms with Crippen LogP contribution in [0.25, 0.3) is 0 Å². The maximum absolute atomic E-state index is 11.9. The van der Waals surface area contributed by atoms with Gasteiger partial charge in [-0.05, 0) is 32.1 Å². The second-order valence-corrected chi connectivity index (χ2v) is 7.79. The van der Waals surface area contributed by atoms with Crippen molar-refractivity contribution in [3.8, 4) is 0 Å². The zero-order valence-electron chi connectivity index (χ0n) is 14.0. The lowest BCUT2D eigenvalue weighted by Gasteiger charge is -2.25. The van der Waals surface area contributed by atoms with Gasteiger partial charge in [-0.2, -0.15) is 0 Å². The molecule has 0 aromatic carbocycles. The number of hydrogen-bond donors (Lipinski definition) is 3. The number of aliphatic imine (C=N–C) groups is 1. The number of sulfonamides is 1. The van der Waals surface area contributed by atoms with E-state index in [1.165, 1.54) is 19.3 Å². The summed E-state index contributed by atoms with van der Waals surface area (Å²) in [6, 6.07) is 0. The molecule has 0 atom stereocenters. The van der Waals surface area contributed by atoms with E-state index in [1.807, 2.05) is 6.92 Å². The van der Waals surface area contributed by atoms with Gasteiger partial charge in [0.15, 0.2) is 5.96 Å². The summed E-state index contributed by atoms with van der Waals surface area (Å²) in [5.74, 6) is 1.33. The molecule has 1 saturated carbocycles. The number of guanidine groups is 1. The van der Waals surface area contributed by atoms with Crippen molar-refractivity contribution < 1.29 is 8.42 Å². The predicted octanol–water partition coefficient (Wildman–Crippen LogP) is 1.45. The maximum Gasteiger partial charge on any atom is 0.213 e. The fourth-order valence-corrected chi connectivity index (χ4v) is 3.22. The Morgan fingerprint density at radius 2 is 1.95 bits per heavy atom. The van der Waals surface area contributed by atoms with Gasteiger partial charge in [-0.1, -0.05) is 26.2 Å². The number of rotatable bonds is 11. The van der Waals surface area contributed by atoms with Crippen LogP contribution in [0.5, 0.6) is 0 Å². The molecule has 0 saturated heterocycles. The lowest BCUT2D eigenvalue weighted by Crippen LogP contribution is -2.42. The molecule has 1 fully saturated rings. The highest BCUT2D eigenvalue weighted by Crippen LogP contribution is 2.25. The molecular weight excluding hydrogens is 300 g/mol. The van der Waals surface area contributed by atoms with Crippen LogP contribution in [0.2, 0.25) is 0 Å². The standard InChI is InChI=1S/C15H32N4O2S/c1-3-5-6-10-17-15(16-4-2)18-11-12-22(20,21)19-13-14-8-7-9-14/h14,19H,3-13H2,1-2H3,(H2,16,17,18). The average Bonchev–Trinajstić information content (AvgIpc) is 2.41. The second kappa shape index (κ2) is 10.8. The van der Waals surface area contributed by atoms with Gasteiger partial charge in [0, 0.05) is 26.2 Å². The van der Waals surface area contributed by atoms with Crippen LogP contribution in [0.4, 0.5) is 0 Å². The SMILES string of the molecule is CCCCCN=C(NCC)NCCS(=O)(=O)NCC1CCC1. The summed E-state index contributed by atoms with van der Waals surface area (Å²) in [6.07, 6.45) is 6.93. The van der Waals surface area contributed by atoms with Gasteiger partial charge >= 0.3 is 0 Å². The van der Waals surface area contributed by atoms with Crippen molar-refractivity contribution in [2.24, 2.45) is 10.9 Å². The summed E-state index contributed by atoms with van der Waals surface area (Å²) in [4.78, 5) is 4.45. The Morgan fingerprint density at radius 1 is 1.18 bits per heavy atom. The third-order valence-electron chi connectivity index (χ3n) is 3.86. The lowest BCUT2D eigenvalue weighted by molar-refractivity contribution is 0.316. The van der Waals surface area contributed by atoms with Crippen LogP contribution < -0.4 is 15.4 Å². The predicted molar refractivity (Wildman–Crippen MR) is 92.6 cm³/mol. The van der Waals surface area contributed by atoms with E-state index >= 15 is 0 Å². The fourth-order valence-electron chi connectivity index (χ4n) is 2.21. The van der Waals surface area contributed by atoms with Gasteiger partial charge in [-0.3, -0.25) is 4.99 Å². The molecule has 0 bridgehead atoms. The van der Waals surface area contributed by atoms with Crippen molar-refractivity contribution in [3.63, 3.8) is 0 Å². The first-order chi connectivity index (χ1) is 10.6. The minimum atomic E-state index is -3.19. The smallest absolute Gasteiger partial charge is 0.213 e. The van der Waals surface area contributed by atoms with Crippen LogP contribution >= 0.6 is 0 Å². The van der Waals surface area contributed by atoms with E-state index in [1.54, 1.807) is 0 Å². The normalized spacial score (nSPS) is 16.4. The highest BCUT2D eigenvalue weighted by molar-refractivity contribution is 7.89. The topological polar surface area (TPSA) is 82.6 Å². The molecule has 6 nitrogen and oxygen atoms in total. The largest absolute Gasteiger partial charge is 0.357 e. The summed E-state index contributed by atoms with van der Waals surface area (Å²) in [7, 11) is -3.19. The molecule has 0 aromatic rings. The van der Waals surface area contributed by atoms with Crippen molar-refractivity contribution in [1.82, 2.24) is 15.4 Å². The van der Waals surface area contributed by atoms with Crippen LogP contribution in [-0.4, -0.2) is 46.3 Å². The van der Waals surface area contributed by atoms with Crippen LogP contribution in [0, 0.1) is 5.92 Å². The Balaban J connectivity index is 2.24. The monoisotopic (exact) mass is 332 g/mol. The summed E-state index contributed by atoms with van der Waals surface area (Å²) < 4.78 is 26.5. The van der Waals surface area contributed by atoms with Gasteiger partial charge in [-0.15, -0.1) is 0 Å². The van der Waals surface area contributed by atoms with E-state index in [9.17, 15) is 8.42 Å². The first-order valence-corrected chi connectivity index (χ1v) is 10.2. The molecule has 0 spiro atoms.